The van der Waals surface area contributed by atoms with E-state index in [4.69, 9.17) is 0 Å². The normalized spacial score (nSPS) is 34.0. The molecule has 0 heterocycles. The van der Waals surface area contributed by atoms with Crippen molar-refractivity contribution in [2.75, 3.05) is 0 Å². The number of hydrogen-bond donors (Lipinski definition) is 0. The molecule has 0 saturated heterocycles. The number of hydrogen-bond acceptors (Lipinski definition) is 0. The minimum Gasteiger partial charge on any atom is -0.0625 e. The van der Waals surface area contributed by atoms with E-state index in [9.17, 15) is 0 Å². The lowest BCUT2D eigenvalue weighted by atomic mass is 9.57. The van der Waals surface area contributed by atoms with Crippen molar-refractivity contribution in [2.45, 2.75) is 68.2 Å². The SMILES string of the molecule is CC(C)[C@H]1C[C@@H](C(C)C)[C@@H](C(C)C)C[C@H]1C(C)C. The minimum atomic E-state index is 0.853. The van der Waals surface area contributed by atoms with Gasteiger partial charge in [0.05, 0.1) is 0 Å². The van der Waals surface area contributed by atoms with Gasteiger partial charge in [-0.2, -0.15) is 0 Å². The molecule has 1 saturated carbocycles. The van der Waals surface area contributed by atoms with Gasteiger partial charge in [0.25, 0.3) is 0 Å². The highest BCUT2D eigenvalue weighted by atomic mass is 14.5. The van der Waals surface area contributed by atoms with Crippen LogP contribution in [0.3, 0.4) is 0 Å². The summed E-state index contributed by atoms with van der Waals surface area (Å²) in [5, 5.41) is 0. The van der Waals surface area contributed by atoms with Crippen molar-refractivity contribution in [3.05, 3.63) is 0 Å². The third-order valence-electron chi connectivity index (χ3n) is 5.61. The summed E-state index contributed by atoms with van der Waals surface area (Å²) in [6, 6.07) is 0. The van der Waals surface area contributed by atoms with Crippen molar-refractivity contribution in [1.82, 2.24) is 0 Å². The third kappa shape index (κ3) is 3.52. The van der Waals surface area contributed by atoms with Gasteiger partial charge in [-0.05, 0) is 60.2 Å². The van der Waals surface area contributed by atoms with Gasteiger partial charge in [0.15, 0.2) is 0 Å². The second kappa shape index (κ2) is 6.44. The Balaban J connectivity index is 2.91. The van der Waals surface area contributed by atoms with Gasteiger partial charge in [0.1, 0.15) is 0 Å². The van der Waals surface area contributed by atoms with E-state index in [0.717, 1.165) is 47.3 Å². The summed E-state index contributed by atoms with van der Waals surface area (Å²) in [6.07, 6.45) is 2.95. The Labute approximate surface area is 116 Å². The molecule has 0 N–H and O–H groups in total. The molecular formula is C18H36. The Morgan fingerprint density at radius 3 is 0.722 bits per heavy atom. The van der Waals surface area contributed by atoms with Gasteiger partial charge in [0.2, 0.25) is 0 Å². The molecule has 4 atom stereocenters. The van der Waals surface area contributed by atoms with E-state index in [1.165, 1.54) is 12.8 Å². The van der Waals surface area contributed by atoms with Crippen LogP contribution < -0.4 is 0 Å². The zero-order chi connectivity index (χ0) is 14.0. The second-order valence-corrected chi connectivity index (χ2v) is 8.10. The Bertz CT molecular complexity index is 186. The maximum Gasteiger partial charge on any atom is -0.0357 e. The van der Waals surface area contributed by atoms with E-state index in [-0.39, 0.29) is 0 Å². The molecule has 0 radical (unpaired) electrons. The maximum absolute atomic E-state index is 2.44. The molecule has 1 rings (SSSR count). The summed E-state index contributed by atoms with van der Waals surface area (Å²) in [7, 11) is 0. The van der Waals surface area contributed by atoms with E-state index in [1.54, 1.807) is 0 Å². The summed E-state index contributed by atoms with van der Waals surface area (Å²) >= 11 is 0. The topological polar surface area (TPSA) is 0 Å². The minimum absolute atomic E-state index is 0.853. The van der Waals surface area contributed by atoms with Crippen LogP contribution in [-0.4, -0.2) is 0 Å². The Hall–Kier alpha value is 0. The molecule has 1 aliphatic rings. The average molecular weight is 252 g/mol. The van der Waals surface area contributed by atoms with E-state index in [2.05, 4.69) is 55.4 Å². The van der Waals surface area contributed by atoms with Crippen molar-refractivity contribution < 1.29 is 0 Å². The van der Waals surface area contributed by atoms with Crippen LogP contribution in [0.25, 0.3) is 0 Å². The van der Waals surface area contributed by atoms with Crippen LogP contribution in [-0.2, 0) is 0 Å². The molecule has 0 spiro atoms. The predicted molar refractivity (Wildman–Crippen MR) is 82.5 cm³/mol. The fourth-order valence-corrected chi connectivity index (χ4v) is 4.39. The largest absolute Gasteiger partial charge is 0.0625 e. The first-order chi connectivity index (χ1) is 8.25. The van der Waals surface area contributed by atoms with Crippen molar-refractivity contribution in [2.24, 2.45) is 47.3 Å². The average Bonchev–Trinajstić information content (AvgIpc) is 2.26. The Morgan fingerprint density at radius 1 is 0.444 bits per heavy atom. The molecule has 0 aromatic carbocycles. The van der Waals surface area contributed by atoms with Crippen LogP contribution in [0.5, 0.6) is 0 Å². The highest BCUT2D eigenvalue weighted by Crippen LogP contribution is 2.49. The Kier molecular flexibility index (Phi) is 5.74. The van der Waals surface area contributed by atoms with Gasteiger partial charge < -0.3 is 0 Å². The molecule has 0 unspecified atom stereocenters. The lowest BCUT2D eigenvalue weighted by Crippen LogP contribution is -2.40. The molecule has 108 valence electrons. The molecule has 0 aromatic rings. The van der Waals surface area contributed by atoms with Gasteiger partial charge >= 0.3 is 0 Å². The molecule has 0 aromatic heterocycles. The van der Waals surface area contributed by atoms with Crippen LogP contribution in [0.4, 0.5) is 0 Å². The quantitative estimate of drug-likeness (QED) is 0.587. The van der Waals surface area contributed by atoms with Gasteiger partial charge in [-0.25, -0.2) is 0 Å². The lowest BCUT2D eigenvalue weighted by molar-refractivity contribution is 0.0135. The second-order valence-electron chi connectivity index (χ2n) is 8.10. The van der Waals surface area contributed by atoms with Crippen LogP contribution in [0.15, 0.2) is 0 Å². The fraction of sp³-hybridized carbons (Fsp3) is 1.00. The molecule has 0 nitrogen and oxygen atoms in total. The van der Waals surface area contributed by atoms with Crippen molar-refractivity contribution in [3.8, 4) is 0 Å². The predicted octanol–water partition coefficient (Wildman–Crippen LogP) is 5.87. The molecular weight excluding hydrogens is 216 g/mol. The Morgan fingerprint density at radius 2 is 0.611 bits per heavy atom. The van der Waals surface area contributed by atoms with E-state index in [0.29, 0.717) is 0 Å². The van der Waals surface area contributed by atoms with Crippen LogP contribution in [0.1, 0.15) is 68.2 Å². The smallest absolute Gasteiger partial charge is 0.0357 e. The zero-order valence-electron chi connectivity index (χ0n) is 14.0. The molecule has 0 amide bonds. The van der Waals surface area contributed by atoms with Gasteiger partial charge in [-0.1, -0.05) is 55.4 Å². The molecule has 1 aliphatic carbocycles. The molecule has 0 bridgehead atoms. The summed E-state index contributed by atoms with van der Waals surface area (Å²) in [5.74, 6) is 7.22. The molecule has 0 heteroatoms. The van der Waals surface area contributed by atoms with Crippen molar-refractivity contribution in [3.63, 3.8) is 0 Å². The van der Waals surface area contributed by atoms with Crippen molar-refractivity contribution >= 4 is 0 Å². The highest BCUT2D eigenvalue weighted by Gasteiger charge is 2.41. The van der Waals surface area contributed by atoms with E-state index >= 15 is 0 Å². The monoisotopic (exact) mass is 252 g/mol. The highest BCUT2D eigenvalue weighted by molar-refractivity contribution is 4.90. The molecule has 18 heavy (non-hydrogen) atoms. The first-order valence-corrected chi connectivity index (χ1v) is 8.25. The molecule has 1 fully saturated rings. The lowest BCUT2D eigenvalue weighted by Gasteiger charge is -2.48. The van der Waals surface area contributed by atoms with E-state index in [1.807, 2.05) is 0 Å². The summed E-state index contributed by atoms with van der Waals surface area (Å²) < 4.78 is 0. The standard InChI is InChI=1S/C18H36/c1-11(2)15-9-17(13(5)6)18(14(7)8)10-16(15)12(3)4/h11-18H,9-10H2,1-8H3/t15-,16+,17+,18-. The van der Waals surface area contributed by atoms with Crippen LogP contribution in [0, 0.1) is 47.3 Å². The summed E-state index contributed by atoms with van der Waals surface area (Å²) in [6.45, 7) is 19.5. The van der Waals surface area contributed by atoms with Crippen molar-refractivity contribution in [1.29, 1.82) is 0 Å². The zero-order valence-corrected chi connectivity index (χ0v) is 14.0. The van der Waals surface area contributed by atoms with E-state index < -0.39 is 0 Å². The third-order valence-corrected chi connectivity index (χ3v) is 5.61. The van der Waals surface area contributed by atoms with Gasteiger partial charge in [-0.3, -0.25) is 0 Å². The maximum atomic E-state index is 2.44. The summed E-state index contributed by atoms with van der Waals surface area (Å²) in [5.41, 5.74) is 0. The first-order valence-electron chi connectivity index (χ1n) is 8.25. The van der Waals surface area contributed by atoms with Crippen LogP contribution in [0.2, 0.25) is 0 Å². The summed E-state index contributed by atoms with van der Waals surface area (Å²) in [4.78, 5) is 0. The van der Waals surface area contributed by atoms with Gasteiger partial charge in [-0.15, -0.1) is 0 Å². The first kappa shape index (κ1) is 16.1. The van der Waals surface area contributed by atoms with Crippen LogP contribution >= 0.6 is 0 Å². The van der Waals surface area contributed by atoms with Gasteiger partial charge in [0, 0.05) is 0 Å². The molecule has 0 aliphatic heterocycles. The fourth-order valence-electron chi connectivity index (χ4n) is 4.39. The number of rotatable bonds is 4.